The molecule has 266 valence electrons. The van der Waals surface area contributed by atoms with Gasteiger partial charge in [-0.05, 0) is 86.3 Å². The number of phenols is 2. The highest BCUT2D eigenvalue weighted by Gasteiger charge is 2.38. The molecule has 0 saturated carbocycles. The normalized spacial score (nSPS) is 19.6. The van der Waals surface area contributed by atoms with Crippen LogP contribution in [0, 0.1) is 5.92 Å². The second-order valence-electron chi connectivity index (χ2n) is 11.9. The van der Waals surface area contributed by atoms with Crippen LogP contribution in [0.15, 0.2) is 82.9 Å². The summed E-state index contributed by atoms with van der Waals surface area (Å²) < 4.78 is 23.0. The van der Waals surface area contributed by atoms with Crippen molar-refractivity contribution < 1.29 is 38.7 Å². The van der Waals surface area contributed by atoms with Gasteiger partial charge in [-0.3, -0.25) is 9.80 Å². The molecule has 4 heterocycles. The molecule has 3 fully saturated rings. The number of benzene rings is 2. The number of hydrogen-bond acceptors (Lipinski definition) is 10. The Labute approximate surface area is 305 Å². The number of methoxy groups -OCH3 is 2. The third kappa shape index (κ3) is 8.40. The van der Waals surface area contributed by atoms with Crippen molar-refractivity contribution in [2.75, 3.05) is 38.8 Å². The van der Waals surface area contributed by atoms with Crippen molar-refractivity contribution in [3.05, 3.63) is 98.2 Å². The van der Waals surface area contributed by atoms with E-state index >= 15 is 0 Å². The van der Waals surface area contributed by atoms with Crippen molar-refractivity contribution in [1.82, 2.24) is 4.90 Å². The average molecular weight is 744 g/mol. The van der Waals surface area contributed by atoms with E-state index < -0.39 is 23.9 Å². The van der Waals surface area contributed by atoms with Crippen LogP contribution < -0.4 is 14.4 Å². The lowest BCUT2D eigenvalue weighted by Gasteiger charge is -2.44. The molecule has 1 aromatic heterocycles. The zero-order chi connectivity index (χ0) is 35.9. The number of amides is 1. The van der Waals surface area contributed by atoms with Crippen LogP contribution >= 0.6 is 34.5 Å². The molecule has 0 aliphatic carbocycles. The second-order valence-corrected chi connectivity index (χ2v) is 13.9. The number of rotatable bonds is 13. The predicted octanol–water partition coefficient (Wildman–Crippen LogP) is 8.52. The number of anilines is 1. The van der Waals surface area contributed by atoms with Crippen molar-refractivity contribution in [3.8, 4) is 23.0 Å². The van der Waals surface area contributed by atoms with E-state index in [9.17, 15) is 19.8 Å². The second kappa shape index (κ2) is 16.7. The van der Waals surface area contributed by atoms with Gasteiger partial charge in [-0.15, -0.1) is 11.3 Å². The number of carbonyl (C=O) groups excluding carboxylic acids is 2. The first-order valence-corrected chi connectivity index (χ1v) is 17.7. The van der Waals surface area contributed by atoms with Gasteiger partial charge in [-0.1, -0.05) is 54.1 Å². The number of hydrogen-bond donors (Lipinski definition) is 2. The summed E-state index contributed by atoms with van der Waals surface area (Å²) in [6.45, 7) is 8.12. The lowest BCUT2D eigenvalue weighted by molar-refractivity contribution is -0.0311. The zero-order valence-corrected chi connectivity index (χ0v) is 30.4. The maximum atomic E-state index is 13.7. The minimum Gasteiger partial charge on any atom is -0.504 e. The number of piperidine rings is 3. The molecule has 13 heteroatoms. The first kappa shape index (κ1) is 37.1. The van der Waals surface area contributed by atoms with Gasteiger partial charge in [-0.25, -0.2) is 9.59 Å². The van der Waals surface area contributed by atoms with Gasteiger partial charge in [0.05, 0.1) is 26.5 Å². The minimum absolute atomic E-state index is 0.0350. The van der Waals surface area contributed by atoms with Gasteiger partial charge in [-0.2, -0.15) is 0 Å². The molecular formula is C37H40Cl2N2O8S. The molecule has 3 aliphatic heterocycles. The summed E-state index contributed by atoms with van der Waals surface area (Å²) in [4.78, 5) is 31.9. The third-order valence-corrected chi connectivity index (χ3v) is 10.8. The van der Waals surface area contributed by atoms with Crippen LogP contribution in [0.25, 0.3) is 0 Å². The number of ether oxygens (including phenoxy) is 4. The summed E-state index contributed by atoms with van der Waals surface area (Å²) in [6, 6.07) is 12.9. The molecule has 3 aliphatic rings. The summed E-state index contributed by atoms with van der Waals surface area (Å²) in [7, 11) is 3.04. The molecule has 2 bridgehead atoms. The molecule has 2 atom stereocenters. The van der Waals surface area contributed by atoms with E-state index in [1.54, 1.807) is 43.3 Å². The van der Waals surface area contributed by atoms with Crippen LogP contribution in [0.1, 0.15) is 52.4 Å². The maximum absolute atomic E-state index is 13.7. The number of fused-ring (bicyclic) bond motifs is 3. The maximum Gasteiger partial charge on any atom is 0.415 e. The summed E-state index contributed by atoms with van der Waals surface area (Å²) in [5.41, 5.74) is 1.23. The molecule has 0 radical (unpaired) electrons. The van der Waals surface area contributed by atoms with Crippen LogP contribution in [0.4, 0.5) is 10.5 Å². The number of nitrogens with zero attached hydrogens (tertiary/aromatic N) is 2. The topological polar surface area (TPSA) is 118 Å². The van der Waals surface area contributed by atoms with Crippen molar-refractivity contribution in [2.24, 2.45) is 5.92 Å². The molecule has 2 N–H and O–H groups in total. The Kier molecular flexibility index (Phi) is 12.4. The van der Waals surface area contributed by atoms with Crippen LogP contribution in [0.2, 0.25) is 0 Å². The van der Waals surface area contributed by atoms with Gasteiger partial charge < -0.3 is 29.2 Å². The molecule has 10 nitrogen and oxygen atoms in total. The molecule has 50 heavy (non-hydrogen) atoms. The fourth-order valence-corrected chi connectivity index (χ4v) is 7.50. The zero-order valence-electron chi connectivity index (χ0n) is 28.1. The van der Waals surface area contributed by atoms with Gasteiger partial charge in [0, 0.05) is 27.9 Å². The molecular weight excluding hydrogens is 703 g/mol. The average Bonchev–Trinajstić information content (AvgIpc) is 3.62. The largest absolute Gasteiger partial charge is 0.504 e. The van der Waals surface area contributed by atoms with E-state index in [2.05, 4.69) is 11.5 Å². The van der Waals surface area contributed by atoms with E-state index in [0.29, 0.717) is 44.1 Å². The highest BCUT2D eigenvalue weighted by atomic mass is 35.5. The fourth-order valence-electron chi connectivity index (χ4n) is 6.21. The SMILES string of the molecule is C=C/C(Cl)=C(C[C@H](OC(=O)c1ccc(CN(C(=O)O[C@H]2CN3CCC2CC3)c2cccc(O)c2O)s1)c1ccc(OC)c(OC)c1)\C(Cl)=C/C. The number of phenolic OH excluding ortho intramolecular Hbond substituents is 2. The van der Waals surface area contributed by atoms with Crippen LogP contribution in [-0.4, -0.2) is 67.1 Å². The number of thiophene rings is 1. The predicted molar refractivity (Wildman–Crippen MR) is 195 cm³/mol. The Bertz CT molecular complexity index is 1780. The van der Waals surface area contributed by atoms with Gasteiger partial charge in [0.1, 0.15) is 17.1 Å². The number of aromatic hydroxyl groups is 2. The van der Waals surface area contributed by atoms with Crippen molar-refractivity contribution in [3.63, 3.8) is 0 Å². The van der Waals surface area contributed by atoms with E-state index in [0.717, 1.165) is 37.3 Å². The van der Waals surface area contributed by atoms with Crippen LogP contribution in [-0.2, 0) is 16.0 Å². The van der Waals surface area contributed by atoms with Crippen LogP contribution in [0.3, 0.4) is 0 Å². The van der Waals surface area contributed by atoms with E-state index in [1.807, 2.05) is 0 Å². The molecule has 6 rings (SSSR count). The number of allylic oxidation sites excluding steroid dienone is 4. The van der Waals surface area contributed by atoms with Crippen molar-refractivity contribution in [1.29, 1.82) is 0 Å². The molecule has 0 spiro atoms. The Hall–Kier alpha value is -4.16. The number of halogens is 2. The Balaban J connectivity index is 1.41. The fraction of sp³-hybridized carbons (Fsp3) is 0.351. The molecule has 1 amide bonds. The van der Waals surface area contributed by atoms with Crippen molar-refractivity contribution in [2.45, 2.75) is 44.9 Å². The quantitative estimate of drug-likeness (QED) is 0.101. The highest BCUT2D eigenvalue weighted by Crippen LogP contribution is 2.40. The first-order valence-electron chi connectivity index (χ1n) is 16.1. The summed E-state index contributed by atoms with van der Waals surface area (Å²) in [5.74, 6) is -0.220. The lowest BCUT2D eigenvalue weighted by atomic mass is 9.86. The summed E-state index contributed by atoms with van der Waals surface area (Å²) in [5, 5.41) is 21.7. The standard InChI is InChI=1S/C37H40Cl2N2O8S/c1-5-26(38)25(27(39)6-2)19-31(23-10-12-30(46-3)32(18-23)47-4)48-36(44)34-13-11-24(50-34)20-41(28-8-7-9-29(42)35(28)43)37(45)49-33-21-40-16-14-22(33)15-17-40/h5-13,18,22,31,33,42-43H,1,14-17,19-21H2,2-4H3/b26-25+,27-6+/t31-,33-/m0/s1. The van der Waals surface area contributed by atoms with E-state index in [1.165, 1.54) is 43.4 Å². The monoisotopic (exact) mass is 742 g/mol. The molecule has 3 aromatic rings. The Morgan fingerprint density at radius 1 is 1.08 bits per heavy atom. The number of carbonyl (C=O) groups is 2. The third-order valence-electron chi connectivity index (χ3n) is 8.96. The van der Waals surface area contributed by atoms with Crippen LogP contribution in [0.5, 0.6) is 23.0 Å². The Morgan fingerprint density at radius 3 is 2.46 bits per heavy atom. The molecule has 3 saturated heterocycles. The summed E-state index contributed by atoms with van der Waals surface area (Å²) >= 11 is 14.2. The van der Waals surface area contributed by atoms with E-state index in [-0.39, 0.29) is 41.3 Å². The van der Waals surface area contributed by atoms with Crippen molar-refractivity contribution >= 4 is 52.3 Å². The number of para-hydroxylation sites is 1. The minimum atomic E-state index is -0.845. The van der Waals surface area contributed by atoms with Gasteiger partial charge in [0.2, 0.25) is 0 Å². The van der Waals surface area contributed by atoms with E-state index in [4.69, 9.17) is 42.1 Å². The molecule has 0 unspecified atom stereocenters. The smallest absolute Gasteiger partial charge is 0.415 e. The van der Waals surface area contributed by atoms with Gasteiger partial charge >= 0.3 is 12.1 Å². The Morgan fingerprint density at radius 2 is 1.82 bits per heavy atom. The summed E-state index contributed by atoms with van der Waals surface area (Å²) in [6.07, 6.45) is 3.42. The van der Waals surface area contributed by atoms with Gasteiger partial charge in [0.25, 0.3) is 0 Å². The highest BCUT2D eigenvalue weighted by molar-refractivity contribution is 7.14. The number of esters is 1. The lowest BCUT2D eigenvalue weighted by Crippen LogP contribution is -2.53. The van der Waals surface area contributed by atoms with Gasteiger partial charge in [0.15, 0.2) is 23.0 Å². The molecule has 2 aromatic carbocycles. The first-order chi connectivity index (χ1) is 24.1.